The molecule has 0 spiro atoms. The molecule has 0 saturated heterocycles. The molecule has 28 heavy (non-hydrogen) atoms. The van der Waals surface area contributed by atoms with E-state index in [4.69, 9.17) is 14.2 Å². The Kier molecular flexibility index (Phi) is 8.60. The van der Waals surface area contributed by atoms with Crippen molar-refractivity contribution in [2.75, 3.05) is 33.0 Å². The summed E-state index contributed by atoms with van der Waals surface area (Å²) in [5.74, 6) is 0.952. The normalized spacial score (nSPS) is 10.9. The molecule has 0 aliphatic heterocycles. The Labute approximate surface area is 172 Å². The van der Waals surface area contributed by atoms with E-state index in [1.807, 2.05) is 13.0 Å². The first kappa shape index (κ1) is 20.6. The first-order chi connectivity index (χ1) is 13.9. The van der Waals surface area contributed by atoms with Crippen LogP contribution >= 0.6 is 0 Å². The van der Waals surface area contributed by atoms with E-state index in [1.165, 1.54) is 13.4 Å². The summed E-state index contributed by atoms with van der Waals surface area (Å²) in [5.41, 5.74) is 0. The maximum absolute atomic E-state index is 6.13. The quantitative estimate of drug-likeness (QED) is 0.338. The molecule has 146 valence electrons. The van der Waals surface area contributed by atoms with Gasteiger partial charge in [0, 0.05) is 0 Å². The fraction of sp³-hybridized carbons (Fsp3) is 0.250. The Hall–Kier alpha value is -2.10. The standard InChI is InChI=1S/C24H27O3Se/c1-2-25-17-18-26-19-20-27-23-15-9-10-16-24(23)28(21-11-5-3-6-12-21)22-13-7-4-8-14-22/h3-16H,2,17-20H2,1H3/q+1. The summed E-state index contributed by atoms with van der Waals surface area (Å²) in [5, 5.41) is 0. The van der Waals surface area contributed by atoms with E-state index in [0.29, 0.717) is 26.4 Å². The summed E-state index contributed by atoms with van der Waals surface area (Å²) < 4.78 is 21.0. The Bertz CT molecular complexity index is 769. The van der Waals surface area contributed by atoms with E-state index in [1.54, 1.807) is 0 Å². The summed E-state index contributed by atoms with van der Waals surface area (Å²) in [7, 11) is 0. The molecule has 3 rings (SSSR count). The number of rotatable bonds is 11. The van der Waals surface area contributed by atoms with E-state index >= 15 is 0 Å². The van der Waals surface area contributed by atoms with Crippen molar-refractivity contribution >= 4 is 27.3 Å². The van der Waals surface area contributed by atoms with E-state index in [2.05, 4.69) is 78.9 Å². The Morgan fingerprint density at radius 1 is 0.607 bits per heavy atom. The minimum atomic E-state index is -1.44. The zero-order valence-corrected chi connectivity index (χ0v) is 18.0. The Morgan fingerprint density at radius 2 is 1.14 bits per heavy atom. The van der Waals surface area contributed by atoms with Crippen molar-refractivity contribution in [2.24, 2.45) is 0 Å². The van der Waals surface area contributed by atoms with Gasteiger partial charge in [0.1, 0.15) is 0 Å². The van der Waals surface area contributed by atoms with Crippen LogP contribution < -0.4 is 18.1 Å². The zero-order chi connectivity index (χ0) is 19.4. The van der Waals surface area contributed by atoms with Crippen LogP contribution in [0.15, 0.2) is 84.9 Å². The molecule has 4 heteroatoms. The fourth-order valence-corrected chi connectivity index (χ4v) is 7.39. The summed E-state index contributed by atoms with van der Waals surface area (Å²) >= 11 is -1.44. The van der Waals surface area contributed by atoms with Gasteiger partial charge in [-0.25, -0.2) is 0 Å². The van der Waals surface area contributed by atoms with Crippen molar-refractivity contribution in [3.8, 4) is 5.75 Å². The summed E-state index contributed by atoms with van der Waals surface area (Å²) in [6.07, 6.45) is 0. The maximum atomic E-state index is 6.13. The van der Waals surface area contributed by atoms with E-state index in [-0.39, 0.29) is 0 Å². The Balaban J connectivity index is 1.76. The van der Waals surface area contributed by atoms with Crippen LogP contribution in [0.25, 0.3) is 0 Å². The van der Waals surface area contributed by atoms with Crippen molar-refractivity contribution < 1.29 is 14.2 Å². The molecule has 3 nitrogen and oxygen atoms in total. The van der Waals surface area contributed by atoms with Crippen molar-refractivity contribution in [1.82, 2.24) is 0 Å². The van der Waals surface area contributed by atoms with Gasteiger partial charge in [-0.05, 0) is 0 Å². The van der Waals surface area contributed by atoms with E-state index < -0.39 is 13.9 Å². The Morgan fingerprint density at radius 3 is 1.79 bits per heavy atom. The van der Waals surface area contributed by atoms with Crippen LogP contribution in [0.5, 0.6) is 5.75 Å². The third-order valence-corrected chi connectivity index (χ3v) is 8.84. The number of hydrogen-bond donors (Lipinski definition) is 0. The molecule has 0 aliphatic carbocycles. The van der Waals surface area contributed by atoms with Gasteiger partial charge < -0.3 is 0 Å². The van der Waals surface area contributed by atoms with Crippen molar-refractivity contribution in [3.05, 3.63) is 84.9 Å². The van der Waals surface area contributed by atoms with Gasteiger partial charge in [0.15, 0.2) is 0 Å². The van der Waals surface area contributed by atoms with Crippen molar-refractivity contribution in [3.63, 3.8) is 0 Å². The second kappa shape index (κ2) is 11.7. The zero-order valence-electron chi connectivity index (χ0n) is 16.3. The molecule has 3 aromatic rings. The number of hydrogen-bond acceptors (Lipinski definition) is 3. The third-order valence-electron chi connectivity index (χ3n) is 4.09. The van der Waals surface area contributed by atoms with Gasteiger partial charge in [-0.1, -0.05) is 0 Å². The van der Waals surface area contributed by atoms with E-state index in [9.17, 15) is 0 Å². The van der Waals surface area contributed by atoms with Gasteiger partial charge in [-0.15, -0.1) is 0 Å². The van der Waals surface area contributed by atoms with Crippen LogP contribution in [-0.2, 0) is 9.47 Å². The second-order valence-corrected chi connectivity index (χ2v) is 10.2. The van der Waals surface area contributed by atoms with Crippen LogP contribution in [0.2, 0.25) is 0 Å². The molecule has 0 bridgehead atoms. The SMILES string of the molecule is CCOCCOCCOc1ccccc1[Se+](c1ccccc1)c1ccccc1. The molecule has 0 unspecified atom stereocenters. The first-order valence-electron chi connectivity index (χ1n) is 9.62. The van der Waals surface area contributed by atoms with Gasteiger partial charge in [0.25, 0.3) is 0 Å². The summed E-state index contributed by atoms with van der Waals surface area (Å²) in [4.78, 5) is 0. The first-order valence-corrected chi connectivity index (χ1v) is 12.2. The third kappa shape index (κ3) is 5.95. The monoisotopic (exact) mass is 443 g/mol. The molecule has 0 amide bonds. The topological polar surface area (TPSA) is 27.7 Å². The minimum absolute atomic E-state index is 0.533. The molecular formula is C24H27O3Se+. The molecule has 0 saturated carbocycles. The van der Waals surface area contributed by atoms with Crippen molar-refractivity contribution in [2.45, 2.75) is 6.92 Å². The molecule has 0 aliphatic rings. The number of benzene rings is 3. The molecule has 0 fully saturated rings. The average Bonchev–Trinajstić information content (AvgIpc) is 2.76. The van der Waals surface area contributed by atoms with Gasteiger partial charge in [-0.2, -0.15) is 0 Å². The molecule has 0 radical (unpaired) electrons. The molecular weight excluding hydrogens is 415 g/mol. The molecule has 0 aromatic heterocycles. The van der Waals surface area contributed by atoms with Crippen LogP contribution in [-0.4, -0.2) is 46.9 Å². The molecule has 0 atom stereocenters. The summed E-state index contributed by atoms with van der Waals surface area (Å²) in [6, 6.07) is 29.9. The van der Waals surface area contributed by atoms with Gasteiger partial charge in [-0.3, -0.25) is 0 Å². The summed E-state index contributed by atoms with van der Waals surface area (Å²) in [6.45, 7) is 5.03. The second-order valence-electron chi connectivity index (χ2n) is 6.04. The van der Waals surface area contributed by atoms with Crippen LogP contribution in [0.1, 0.15) is 6.92 Å². The molecule has 3 aromatic carbocycles. The molecule has 0 heterocycles. The average molecular weight is 442 g/mol. The van der Waals surface area contributed by atoms with Crippen molar-refractivity contribution in [1.29, 1.82) is 0 Å². The van der Waals surface area contributed by atoms with Gasteiger partial charge in [0.05, 0.1) is 0 Å². The van der Waals surface area contributed by atoms with Gasteiger partial charge in [0.2, 0.25) is 0 Å². The predicted molar refractivity (Wildman–Crippen MR) is 117 cm³/mol. The van der Waals surface area contributed by atoms with Crippen LogP contribution in [0.4, 0.5) is 0 Å². The number of para-hydroxylation sites is 1. The van der Waals surface area contributed by atoms with Crippen LogP contribution in [0, 0.1) is 0 Å². The van der Waals surface area contributed by atoms with Crippen LogP contribution in [0.3, 0.4) is 0 Å². The molecule has 0 N–H and O–H groups in total. The number of ether oxygens (including phenoxy) is 3. The van der Waals surface area contributed by atoms with Gasteiger partial charge >= 0.3 is 172 Å². The van der Waals surface area contributed by atoms with E-state index in [0.717, 1.165) is 12.4 Å². The fourth-order valence-electron chi connectivity index (χ4n) is 2.82. The predicted octanol–water partition coefficient (Wildman–Crippen LogP) is 2.63.